The summed E-state index contributed by atoms with van der Waals surface area (Å²) >= 11 is 5.59. The van der Waals surface area contributed by atoms with Crippen molar-refractivity contribution in [2.24, 2.45) is 0 Å². The molecule has 1 aromatic carbocycles. The number of thiophene rings is 1. The second-order valence-electron chi connectivity index (χ2n) is 6.20. The van der Waals surface area contributed by atoms with E-state index in [2.05, 4.69) is 60.1 Å². The summed E-state index contributed by atoms with van der Waals surface area (Å²) in [5, 5.41) is 0.877. The van der Waals surface area contributed by atoms with Gasteiger partial charge < -0.3 is 0 Å². The molecule has 1 aliphatic rings. The van der Waals surface area contributed by atoms with Gasteiger partial charge in [0.05, 0.1) is 10.2 Å². The van der Waals surface area contributed by atoms with Gasteiger partial charge in [0.15, 0.2) is 0 Å². The quantitative estimate of drug-likeness (QED) is 0.488. The van der Waals surface area contributed by atoms with Crippen molar-refractivity contribution >= 4 is 37.5 Å². The molecular weight excluding hydrogens is 354 g/mol. The molecule has 0 unspecified atom stereocenters. The van der Waals surface area contributed by atoms with Crippen LogP contribution in [0.1, 0.15) is 40.5 Å². The number of fused-ring (bicyclic) bond motifs is 1. The highest BCUT2D eigenvalue weighted by Gasteiger charge is 2.30. The highest BCUT2D eigenvalue weighted by molar-refractivity contribution is 9.08. The van der Waals surface area contributed by atoms with Crippen LogP contribution in [-0.2, 0) is 5.33 Å². The monoisotopic (exact) mass is 371 g/mol. The summed E-state index contributed by atoms with van der Waals surface area (Å²) in [4.78, 5) is 6.35. The zero-order valence-corrected chi connectivity index (χ0v) is 15.2. The molecule has 0 saturated heterocycles. The van der Waals surface area contributed by atoms with Crippen LogP contribution in [0, 0.1) is 13.8 Å². The van der Waals surface area contributed by atoms with Gasteiger partial charge in [0, 0.05) is 27.4 Å². The fraction of sp³-hybridized carbons (Fsp3) is 0.316. The molecule has 1 aliphatic carbocycles. The largest absolute Gasteiger partial charge is 0.251 e. The van der Waals surface area contributed by atoms with Crippen LogP contribution in [0.25, 0.3) is 21.3 Å². The summed E-state index contributed by atoms with van der Waals surface area (Å²) in [6.07, 6.45) is 2.57. The predicted octanol–water partition coefficient (Wildman–Crippen LogP) is 6.35. The molecule has 1 fully saturated rings. The Morgan fingerprint density at radius 3 is 2.55 bits per heavy atom. The minimum Gasteiger partial charge on any atom is -0.251 e. The first kappa shape index (κ1) is 14.4. The molecule has 22 heavy (non-hydrogen) atoms. The van der Waals surface area contributed by atoms with Gasteiger partial charge in [-0.1, -0.05) is 45.8 Å². The molecule has 2 heterocycles. The van der Waals surface area contributed by atoms with Crippen molar-refractivity contribution in [1.82, 2.24) is 4.98 Å². The van der Waals surface area contributed by atoms with Crippen molar-refractivity contribution in [1.29, 1.82) is 0 Å². The van der Waals surface area contributed by atoms with Gasteiger partial charge in [-0.15, -0.1) is 11.3 Å². The van der Waals surface area contributed by atoms with Gasteiger partial charge in [-0.05, 0) is 43.9 Å². The molecule has 2 aromatic heterocycles. The van der Waals surface area contributed by atoms with E-state index in [1.165, 1.54) is 55.9 Å². The molecular formula is C19H18BrNS. The van der Waals surface area contributed by atoms with E-state index in [0.29, 0.717) is 5.92 Å². The maximum Gasteiger partial charge on any atom is 0.0822 e. The van der Waals surface area contributed by atoms with E-state index < -0.39 is 0 Å². The minimum absolute atomic E-state index is 0.668. The summed E-state index contributed by atoms with van der Waals surface area (Å²) in [5.74, 6) is 0.668. The number of hydrogen-bond acceptors (Lipinski definition) is 2. The molecule has 3 heteroatoms. The Labute approximate surface area is 143 Å². The van der Waals surface area contributed by atoms with Crippen LogP contribution < -0.4 is 0 Å². The van der Waals surface area contributed by atoms with Crippen molar-refractivity contribution in [3.8, 4) is 11.1 Å². The molecule has 0 aliphatic heterocycles. The predicted molar refractivity (Wildman–Crippen MR) is 99.1 cm³/mol. The lowest BCUT2D eigenvalue weighted by atomic mass is 9.97. The first-order valence-corrected chi connectivity index (χ1v) is 9.67. The second-order valence-corrected chi connectivity index (χ2v) is 8.01. The Balaban J connectivity index is 2.06. The van der Waals surface area contributed by atoms with Crippen molar-refractivity contribution in [2.75, 3.05) is 0 Å². The Kier molecular flexibility index (Phi) is 3.58. The average molecular weight is 372 g/mol. The van der Waals surface area contributed by atoms with Gasteiger partial charge in [-0.2, -0.15) is 0 Å². The van der Waals surface area contributed by atoms with Gasteiger partial charge in [0.1, 0.15) is 0 Å². The van der Waals surface area contributed by atoms with Gasteiger partial charge in [-0.25, -0.2) is 0 Å². The third-order valence-electron chi connectivity index (χ3n) is 4.35. The zero-order valence-electron chi connectivity index (χ0n) is 12.8. The van der Waals surface area contributed by atoms with Crippen LogP contribution in [-0.4, -0.2) is 4.98 Å². The number of hydrogen-bond donors (Lipinski definition) is 0. The van der Waals surface area contributed by atoms with Crippen molar-refractivity contribution in [3.63, 3.8) is 0 Å². The SMILES string of the molecule is Cc1ccc(-c2c(CBr)c(C3CC3)nc3cc(C)sc23)cc1. The van der Waals surface area contributed by atoms with E-state index in [0.717, 1.165) is 5.33 Å². The fourth-order valence-electron chi connectivity index (χ4n) is 3.08. The van der Waals surface area contributed by atoms with Gasteiger partial charge in [0.2, 0.25) is 0 Å². The molecule has 4 rings (SSSR count). The highest BCUT2D eigenvalue weighted by atomic mass is 79.9. The maximum absolute atomic E-state index is 5.01. The van der Waals surface area contributed by atoms with Crippen molar-refractivity contribution < 1.29 is 0 Å². The van der Waals surface area contributed by atoms with Gasteiger partial charge in [-0.3, -0.25) is 4.98 Å². The van der Waals surface area contributed by atoms with E-state index in [-0.39, 0.29) is 0 Å². The number of aryl methyl sites for hydroxylation is 2. The van der Waals surface area contributed by atoms with Crippen LogP contribution in [0.5, 0.6) is 0 Å². The van der Waals surface area contributed by atoms with E-state index in [1.54, 1.807) is 0 Å². The van der Waals surface area contributed by atoms with Crippen molar-refractivity contribution in [2.45, 2.75) is 37.9 Å². The molecule has 0 amide bonds. The third kappa shape index (κ3) is 2.40. The van der Waals surface area contributed by atoms with Gasteiger partial charge >= 0.3 is 0 Å². The van der Waals surface area contributed by atoms with E-state index in [4.69, 9.17) is 4.98 Å². The molecule has 0 spiro atoms. The molecule has 0 N–H and O–H groups in total. The maximum atomic E-state index is 5.01. The number of alkyl halides is 1. The average Bonchev–Trinajstić information content (AvgIpc) is 3.28. The van der Waals surface area contributed by atoms with Crippen LogP contribution >= 0.6 is 27.3 Å². The second kappa shape index (κ2) is 5.47. The first-order chi connectivity index (χ1) is 10.7. The lowest BCUT2D eigenvalue weighted by Gasteiger charge is -2.14. The van der Waals surface area contributed by atoms with E-state index >= 15 is 0 Å². The Hall–Kier alpha value is -1.19. The van der Waals surface area contributed by atoms with E-state index in [9.17, 15) is 0 Å². The normalized spacial score (nSPS) is 14.7. The number of aromatic nitrogens is 1. The van der Waals surface area contributed by atoms with Crippen LogP contribution in [0.4, 0.5) is 0 Å². The zero-order chi connectivity index (χ0) is 15.3. The third-order valence-corrected chi connectivity index (χ3v) is 5.97. The minimum atomic E-state index is 0.668. The fourth-order valence-corrected chi connectivity index (χ4v) is 4.69. The Morgan fingerprint density at radius 1 is 1.18 bits per heavy atom. The number of nitrogens with zero attached hydrogens (tertiary/aromatic N) is 1. The number of benzene rings is 1. The molecule has 0 bridgehead atoms. The smallest absolute Gasteiger partial charge is 0.0822 e. The molecule has 0 atom stereocenters. The van der Waals surface area contributed by atoms with Crippen molar-refractivity contribution in [3.05, 3.63) is 52.0 Å². The number of rotatable bonds is 3. The lowest BCUT2D eigenvalue weighted by molar-refractivity contribution is 1.02. The number of halogens is 1. The van der Waals surface area contributed by atoms with Gasteiger partial charge in [0.25, 0.3) is 0 Å². The van der Waals surface area contributed by atoms with Crippen LogP contribution in [0.15, 0.2) is 30.3 Å². The molecule has 3 aromatic rings. The van der Waals surface area contributed by atoms with Crippen LogP contribution in [0.2, 0.25) is 0 Å². The Morgan fingerprint density at radius 2 is 1.91 bits per heavy atom. The highest BCUT2D eigenvalue weighted by Crippen LogP contribution is 2.46. The standard InChI is InChI=1S/C19H18BrNS/c1-11-3-5-13(6-4-11)17-15(10-20)18(14-7-8-14)21-16-9-12(2)22-19(16)17/h3-6,9,14H,7-8,10H2,1-2H3. The van der Waals surface area contributed by atoms with E-state index in [1.807, 2.05) is 11.3 Å². The summed E-state index contributed by atoms with van der Waals surface area (Å²) < 4.78 is 1.33. The Bertz CT molecular complexity index is 844. The lowest BCUT2D eigenvalue weighted by Crippen LogP contribution is -1.98. The molecule has 112 valence electrons. The topological polar surface area (TPSA) is 12.9 Å². The number of pyridine rings is 1. The molecule has 0 radical (unpaired) electrons. The summed E-state index contributed by atoms with van der Waals surface area (Å²) in [6, 6.07) is 11.2. The summed E-state index contributed by atoms with van der Waals surface area (Å²) in [6.45, 7) is 4.32. The summed E-state index contributed by atoms with van der Waals surface area (Å²) in [7, 11) is 0. The first-order valence-electron chi connectivity index (χ1n) is 7.73. The summed E-state index contributed by atoms with van der Waals surface area (Å²) in [5.41, 5.74) is 7.89. The molecule has 1 saturated carbocycles. The van der Waals surface area contributed by atoms with Crippen LogP contribution in [0.3, 0.4) is 0 Å². The molecule has 1 nitrogen and oxygen atoms in total.